The van der Waals surface area contributed by atoms with Gasteiger partial charge in [-0.15, -0.1) is 0 Å². The van der Waals surface area contributed by atoms with Crippen molar-refractivity contribution in [3.63, 3.8) is 0 Å². The maximum Gasteiger partial charge on any atom is 0.219 e. The molecule has 0 aromatic heterocycles. The Kier molecular flexibility index (Phi) is 3.93. The quantitative estimate of drug-likeness (QED) is 0.471. The molecular formula is C15H14F5NO2. The van der Waals surface area contributed by atoms with Crippen molar-refractivity contribution in [3.8, 4) is 5.75 Å². The van der Waals surface area contributed by atoms with E-state index < -0.39 is 40.9 Å². The highest BCUT2D eigenvalue weighted by Gasteiger charge is 2.43. The molecule has 2 heterocycles. The highest BCUT2D eigenvalue weighted by Crippen LogP contribution is 2.38. The molecule has 23 heavy (non-hydrogen) atoms. The topological polar surface area (TPSA) is 29.5 Å². The second kappa shape index (κ2) is 5.65. The second-order valence-electron chi connectivity index (χ2n) is 5.92. The molecule has 126 valence electrons. The Bertz CT molecular complexity index is 623. The summed E-state index contributed by atoms with van der Waals surface area (Å²) in [7, 11) is 0. The molecule has 0 spiro atoms. The molecular weight excluding hydrogens is 321 g/mol. The molecule has 0 radical (unpaired) electrons. The lowest BCUT2D eigenvalue weighted by Crippen LogP contribution is -2.48. The van der Waals surface area contributed by atoms with Gasteiger partial charge in [-0.05, 0) is 12.8 Å². The number of ether oxygens (including phenoxy) is 1. The molecule has 2 saturated heterocycles. The smallest absolute Gasteiger partial charge is 0.219 e. The van der Waals surface area contributed by atoms with E-state index >= 15 is 0 Å². The van der Waals surface area contributed by atoms with Gasteiger partial charge >= 0.3 is 0 Å². The average Bonchev–Trinajstić information content (AvgIpc) is 2.79. The number of halogens is 5. The fraction of sp³-hybridized carbons (Fsp3) is 0.533. The van der Waals surface area contributed by atoms with Crippen LogP contribution in [0.5, 0.6) is 5.75 Å². The minimum absolute atomic E-state index is 0.0906. The predicted molar refractivity (Wildman–Crippen MR) is 69.2 cm³/mol. The van der Waals surface area contributed by atoms with Gasteiger partial charge in [-0.25, -0.2) is 13.2 Å². The van der Waals surface area contributed by atoms with Crippen LogP contribution in [0.3, 0.4) is 0 Å². The summed E-state index contributed by atoms with van der Waals surface area (Å²) in [6, 6.07) is -0.255. The number of fused-ring (bicyclic) bond motifs is 2. The van der Waals surface area contributed by atoms with Crippen LogP contribution in [0.2, 0.25) is 0 Å². The van der Waals surface area contributed by atoms with Crippen molar-refractivity contribution in [2.75, 3.05) is 0 Å². The number of rotatable bonds is 2. The van der Waals surface area contributed by atoms with Crippen LogP contribution in [-0.2, 0) is 4.79 Å². The highest BCUT2D eigenvalue weighted by atomic mass is 19.2. The van der Waals surface area contributed by atoms with Gasteiger partial charge in [0.25, 0.3) is 0 Å². The fourth-order valence-corrected chi connectivity index (χ4v) is 3.59. The number of benzene rings is 1. The van der Waals surface area contributed by atoms with E-state index in [0.717, 1.165) is 12.8 Å². The minimum atomic E-state index is -2.21. The van der Waals surface area contributed by atoms with Crippen LogP contribution >= 0.6 is 0 Å². The molecule has 2 aliphatic heterocycles. The molecule has 8 heteroatoms. The van der Waals surface area contributed by atoms with E-state index in [-0.39, 0.29) is 18.0 Å². The summed E-state index contributed by atoms with van der Waals surface area (Å²) in [4.78, 5) is 13.3. The van der Waals surface area contributed by atoms with Crippen molar-refractivity contribution >= 4 is 5.91 Å². The highest BCUT2D eigenvalue weighted by molar-refractivity contribution is 5.74. The van der Waals surface area contributed by atoms with Crippen LogP contribution in [0, 0.1) is 29.1 Å². The number of hydrogen-bond donors (Lipinski definition) is 0. The number of amides is 1. The van der Waals surface area contributed by atoms with Crippen molar-refractivity contribution < 1.29 is 31.5 Å². The van der Waals surface area contributed by atoms with Crippen molar-refractivity contribution in [1.29, 1.82) is 0 Å². The lowest BCUT2D eigenvalue weighted by atomic mass is 9.99. The number of piperidine rings is 1. The molecule has 0 aliphatic carbocycles. The van der Waals surface area contributed by atoms with Crippen LogP contribution in [0.25, 0.3) is 0 Å². The van der Waals surface area contributed by atoms with E-state index in [9.17, 15) is 26.7 Å². The van der Waals surface area contributed by atoms with Crippen LogP contribution in [0.15, 0.2) is 0 Å². The third-order valence-electron chi connectivity index (χ3n) is 4.51. The second-order valence-corrected chi connectivity index (χ2v) is 5.92. The van der Waals surface area contributed by atoms with Crippen LogP contribution in [0.4, 0.5) is 22.0 Å². The van der Waals surface area contributed by atoms with Crippen molar-refractivity contribution in [2.45, 2.75) is 50.8 Å². The lowest BCUT2D eigenvalue weighted by molar-refractivity contribution is -0.134. The summed E-state index contributed by atoms with van der Waals surface area (Å²) >= 11 is 0. The van der Waals surface area contributed by atoms with E-state index in [2.05, 4.69) is 0 Å². The van der Waals surface area contributed by atoms with E-state index in [1.807, 2.05) is 0 Å². The monoisotopic (exact) mass is 335 g/mol. The molecule has 1 amide bonds. The zero-order valence-corrected chi connectivity index (χ0v) is 12.2. The third kappa shape index (κ3) is 2.53. The SMILES string of the molecule is CC(=O)N1[C@@H]2CC[C@H]1C[C@@H](Oc1c(F)c(F)c(F)c(F)c1F)C2. The molecule has 1 aromatic carbocycles. The van der Waals surface area contributed by atoms with E-state index in [1.165, 1.54) is 6.92 Å². The zero-order valence-electron chi connectivity index (χ0n) is 12.2. The molecule has 0 saturated carbocycles. The molecule has 3 rings (SSSR count). The fourth-order valence-electron chi connectivity index (χ4n) is 3.59. The Labute approximate surface area is 129 Å². The van der Waals surface area contributed by atoms with Gasteiger partial charge in [-0.1, -0.05) is 0 Å². The lowest BCUT2D eigenvalue weighted by Gasteiger charge is -2.38. The normalized spacial score (nSPS) is 26.5. The van der Waals surface area contributed by atoms with Gasteiger partial charge in [0.05, 0.1) is 0 Å². The largest absolute Gasteiger partial charge is 0.484 e. The zero-order chi connectivity index (χ0) is 16.9. The number of hydrogen-bond acceptors (Lipinski definition) is 2. The van der Waals surface area contributed by atoms with Gasteiger partial charge in [0.1, 0.15) is 6.10 Å². The minimum Gasteiger partial charge on any atom is -0.484 e. The van der Waals surface area contributed by atoms with Gasteiger partial charge in [-0.2, -0.15) is 8.78 Å². The van der Waals surface area contributed by atoms with Gasteiger partial charge < -0.3 is 9.64 Å². The van der Waals surface area contributed by atoms with E-state index in [4.69, 9.17) is 4.74 Å². The molecule has 3 atom stereocenters. The molecule has 2 aliphatic rings. The Hall–Kier alpha value is -1.86. The number of carbonyl (C=O) groups is 1. The van der Waals surface area contributed by atoms with Crippen molar-refractivity contribution in [1.82, 2.24) is 4.90 Å². The van der Waals surface area contributed by atoms with Crippen LogP contribution < -0.4 is 4.74 Å². The van der Waals surface area contributed by atoms with Crippen LogP contribution in [0.1, 0.15) is 32.6 Å². The van der Waals surface area contributed by atoms with Crippen molar-refractivity contribution in [3.05, 3.63) is 29.1 Å². The molecule has 2 fully saturated rings. The summed E-state index contributed by atoms with van der Waals surface area (Å²) in [5.41, 5.74) is 0. The number of nitrogens with zero attached hydrogens (tertiary/aromatic N) is 1. The third-order valence-corrected chi connectivity index (χ3v) is 4.51. The summed E-state index contributed by atoms with van der Waals surface area (Å²) in [5.74, 6) is -11.5. The first-order chi connectivity index (χ1) is 10.8. The van der Waals surface area contributed by atoms with Gasteiger partial charge in [0.15, 0.2) is 5.75 Å². The maximum absolute atomic E-state index is 13.7. The first kappa shape index (κ1) is 16.0. The van der Waals surface area contributed by atoms with E-state index in [0.29, 0.717) is 12.8 Å². The molecule has 0 unspecified atom stereocenters. The molecule has 3 nitrogen and oxygen atoms in total. The van der Waals surface area contributed by atoms with Gasteiger partial charge in [0.2, 0.25) is 35.0 Å². The van der Waals surface area contributed by atoms with Gasteiger partial charge in [-0.3, -0.25) is 4.79 Å². The maximum atomic E-state index is 13.7. The van der Waals surface area contributed by atoms with Crippen molar-refractivity contribution in [2.24, 2.45) is 0 Å². The standard InChI is InChI=1S/C15H14F5NO2/c1-6(22)21-7-2-3-8(21)5-9(4-7)23-15-13(19)11(17)10(16)12(18)14(15)20/h7-9H,2-5H2,1H3/t7-,8+,9+. The molecule has 2 bridgehead atoms. The Morgan fingerprint density at radius 3 is 1.78 bits per heavy atom. The molecule has 0 N–H and O–H groups in total. The molecule has 1 aromatic rings. The predicted octanol–water partition coefficient (Wildman–Crippen LogP) is 3.30. The van der Waals surface area contributed by atoms with E-state index in [1.54, 1.807) is 4.90 Å². The van der Waals surface area contributed by atoms with Crippen LogP contribution in [-0.4, -0.2) is 29.0 Å². The Balaban J connectivity index is 1.84. The number of carbonyl (C=O) groups excluding carboxylic acids is 1. The summed E-state index contributed by atoms with van der Waals surface area (Å²) in [5, 5.41) is 0. The van der Waals surface area contributed by atoms with Gasteiger partial charge in [0, 0.05) is 31.8 Å². The average molecular weight is 335 g/mol. The Morgan fingerprint density at radius 1 is 0.913 bits per heavy atom. The summed E-state index contributed by atoms with van der Waals surface area (Å²) in [6.07, 6.45) is 1.38. The summed E-state index contributed by atoms with van der Waals surface area (Å²) < 4.78 is 71.8. The first-order valence-electron chi connectivity index (χ1n) is 7.28. The summed E-state index contributed by atoms with van der Waals surface area (Å²) in [6.45, 7) is 1.44. The first-order valence-corrected chi connectivity index (χ1v) is 7.28. The Morgan fingerprint density at radius 2 is 1.35 bits per heavy atom.